The van der Waals surface area contributed by atoms with E-state index in [2.05, 4.69) is 13.2 Å². The molecule has 0 unspecified atom stereocenters. The van der Waals surface area contributed by atoms with Gasteiger partial charge in [-0.05, 0) is 47.5 Å². The topological polar surface area (TPSA) is 86.7 Å². The first-order valence-electron chi connectivity index (χ1n) is 8.67. The van der Waals surface area contributed by atoms with E-state index in [0.29, 0.717) is 0 Å². The lowest BCUT2D eigenvalue weighted by Gasteiger charge is -2.10. The van der Waals surface area contributed by atoms with E-state index in [0.717, 1.165) is 11.1 Å². The Labute approximate surface area is 176 Å². The summed E-state index contributed by atoms with van der Waals surface area (Å²) in [6.07, 6.45) is 3.17. The maximum Gasteiger partial charge on any atom is 0.339 e. The van der Waals surface area contributed by atoms with Crippen LogP contribution in [-0.2, 0) is 20.2 Å². The second-order valence-corrected chi connectivity index (χ2v) is 9.19. The highest BCUT2D eigenvalue weighted by molar-refractivity contribution is 7.87. The summed E-state index contributed by atoms with van der Waals surface area (Å²) in [7, 11) is -8.21. The van der Waals surface area contributed by atoms with Gasteiger partial charge in [-0.15, -0.1) is 0 Å². The second-order valence-electron chi connectivity index (χ2n) is 6.10. The van der Waals surface area contributed by atoms with E-state index >= 15 is 0 Å². The van der Waals surface area contributed by atoms with Gasteiger partial charge in [0, 0.05) is 6.07 Å². The monoisotopic (exact) mass is 442 g/mol. The first-order valence-corrected chi connectivity index (χ1v) is 11.5. The summed E-state index contributed by atoms with van der Waals surface area (Å²) in [5.41, 5.74) is 1.52. The zero-order valence-corrected chi connectivity index (χ0v) is 17.4. The molecule has 3 aromatic carbocycles. The van der Waals surface area contributed by atoms with Crippen molar-refractivity contribution in [2.24, 2.45) is 0 Å². The van der Waals surface area contributed by atoms with E-state index in [4.69, 9.17) is 8.37 Å². The Hall–Kier alpha value is -3.36. The molecule has 0 aliphatic rings. The van der Waals surface area contributed by atoms with Crippen molar-refractivity contribution in [2.45, 2.75) is 9.79 Å². The van der Waals surface area contributed by atoms with Crippen molar-refractivity contribution >= 4 is 32.4 Å². The Morgan fingerprint density at radius 2 is 0.967 bits per heavy atom. The van der Waals surface area contributed by atoms with Gasteiger partial charge in [0.25, 0.3) is 0 Å². The van der Waals surface area contributed by atoms with Gasteiger partial charge in [0.1, 0.15) is 21.3 Å². The molecular weight excluding hydrogens is 424 g/mol. The number of benzene rings is 3. The first-order chi connectivity index (χ1) is 14.2. The van der Waals surface area contributed by atoms with Crippen LogP contribution >= 0.6 is 0 Å². The van der Waals surface area contributed by atoms with Gasteiger partial charge in [-0.2, -0.15) is 16.8 Å². The molecule has 0 atom stereocenters. The molecule has 6 nitrogen and oxygen atoms in total. The van der Waals surface area contributed by atoms with Crippen molar-refractivity contribution in [3.8, 4) is 11.5 Å². The second kappa shape index (κ2) is 8.56. The quantitative estimate of drug-likeness (QED) is 0.477. The summed E-state index contributed by atoms with van der Waals surface area (Å²) in [5, 5.41) is 0. The molecule has 0 aliphatic carbocycles. The highest BCUT2D eigenvalue weighted by Gasteiger charge is 2.19. The third-order valence-corrected chi connectivity index (χ3v) is 6.55. The lowest BCUT2D eigenvalue weighted by atomic mass is 10.2. The maximum absolute atomic E-state index is 12.5. The van der Waals surface area contributed by atoms with Gasteiger partial charge in [-0.25, -0.2) is 0 Å². The van der Waals surface area contributed by atoms with Crippen molar-refractivity contribution in [1.82, 2.24) is 0 Å². The predicted molar refractivity (Wildman–Crippen MR) is 115 cm³/mol. The van der Waals surface area contributed by atoms with Crippen LogP contribution in [0.15, 0.2) is 95.7 Å². The fraction of sp³-hybridized carbons (Fsp3) is 0. The Balaban J connectivity index is 1.81. The third-order valence-electron chi connectivity index (χ3n) is 4.03. The third kappa shape index (κ3) is 4.97. The minimum Gasteiger partial charge on any atom is -0.379 e. The molecule has 0 saturated carbocycles. The highest BCUT2D eigenvalue weighted by atomic mass is 32.2. The van der Waals surface area contributed by atoms with Crippen LogP contribution in [0, 0.1) is 0 Å². The number of hydrogen-bond donors (Lipinski definition) is 0. The van der Waals surface area contributed by atoms with Crippen LogP contribution in [0.1, 0.15) is 11.1 Å². The average molecular weight is 443 g/mol. The van der Waals surface area contributed by atoms with Gasteiger partial charge in [0.05, 0.1) is 0 Å². The Morgan fingerprint density at radius 3 is 1.30 bits per heavy atom. The molecule has 0 heterocycles. The summed E-state index contributed by atoms with van der Waals surface area (Å²) >= 11 is 0. The molecule has 3 rings (SSSR count). The van der Waals surface area contributed by atoms with Gasteiger partial charge >= 0.3 is 20.2 Å². The van der Waals surface area contributed by atoms with Gasteiger partial charge in [-0.3, -0.25) is 0 Å². The highest BCUT2D eigenvalue weighted by Crippen LogP contribution is 2.26. The zero-order chi connectivity index (χ0) is 21.8. The summed E-state index contributed by atoms with van der Waals surface area (Å²) in [4.78, 5) is -0.0938. The smallest absolute Gasteiger partial charge is 0.339 e. The normalized spacial score (nSPS) is 11.5. The van der Waals surface area contributed by atoms with Crippen LogP contribution in [0.3, 0.4) is 0 Å². The van der Waals surface area contributed by atoms with Crippen LogP contribution in [0.4, 0.5) is 0 Å². The average Bonchev–Trinajstić information content (AvgIpc) is 2.73. The number of rotatable bonds is 8. The maximum atomic E-state index is 12.5. The Bertz CT molecular complexity index is 1180. The van der Waals surface area contributed by atoms with Gasteiger partial charge in [0.15, 0.2) is 0 Å². The number of hydrogen-bond acceptors (Lipinski definition) is 6. The van der Waals surface area contributed by atoms with E-state index in [1.54, 1.807) is 36.4 Å². The minimum absolute atomic E-state index is 0.0469. The Morgan fingerprint density at radius 1 is 0.600 bits per heavy atom. The summed E-state index contributed by atoms with van der Waals surface area (Å²) in [6.45, 7) is 7.22. The largest absolute Gasteiger partial charge is 0.379 e. The van der Waals surface area contributed by atoms with Crippen molar-refractivity contribution in [1.29, 1.82) is 0 Å². The van der Waals surface area contributed by atoms with Crippen LogP contribution in [0.25, 0.3) is 12.2 Å². The molecule has 30 heavy (non-hydrogen) atoms. The van der Waals surface area contributed by atoms with Crippen LogP contribution < -0.4 is 8.37 Å². The van der Waals surface area contributed by atoms with Gasteiger partial charge < -0.3 is 8.37 Å². The van der Waals surface area contributed by atoms with Crippen LogP contribution in [-0.4, -0.2) is 16.8 Å². The van der Waals surface area contributed by atoms with Crippen molar-refractivity contribution in [3.05, 3.63) is 97.1 Å². The molecule has 0 aromatic heterocycles. The van der Waals surface area contributed by atoms with E-state index in [-0.39, 0.29) is 21.3 Å². The molecule has 0 amide bonds. The minimum atomic E-state index is -4.11. The fourth-order valence-electron chi connectivity index (χ4n) is 2.47. The van der Waals surface area contributed by atoms with Crippen LogP contribution in [0.5, 0.6) is 11.5 Å². The fourth-order valence-corrected chi connectivity index (χ4v) is 4.31. The molecule has 8 heteroatoms. The van der Waals surface area contributed by atoms with E-state index in [1.807, 2.05) is 0 Å². The molecule has 0 saturated heterocycles. The van der Waals surface area contributed by atoms with Crippen LogP contribution in [0.2, 0.25) is 0 Å². The van der Waals surface area contributed by atoms with Crippen molar-refractivity contribution < 1.29 is 25.2 Å². The van der Waals surface area contributed by atoms with E-state index in [9.17, 15) is 16.8 Å². The molecule has 0 radical (unpaired) electrons. The van der Waals surface area contributed by atoms with E-state index in [1.165, 1.54) is 48.5 Å². The Kier molecular flexibility index (Phi) is 6.09. The molecule has 0 fully saturated rings. The predicted octanol–water partition coefficient (Wildman–Crippen LogP) is 4.51. The van der Waals surface area contributed by atoms with E-state index < -0.39 is 20.2 Å². The SMILES string of the molecule is C=Cc1ccc(S(=O)(=O)Oc2cccc(OS(=O)(=O)c3ccc(C=C)cc3)c2)cc1. The molecule has 0 bridgehead atoms. The van der Waals surface area contributed by atoms with Crippen molar-refractivity contribution in [3.63, 3.8) is 0 Å². The zero-order valence-electron chi connectivity index (χ0n) is 15.8. The van der Waals surface area contributed by atoms with Gasteiger partial charge in [-0.1, -0.05) is 55.6 Å². The standard InChI is InChI=1S/C22H18O6S2/c1-3-17-8-12-21(13-9-17)29(23,24)27-19-6-5-7-20(16-19)28-30(25,26)22-14-10-18(4-2)11-15-22/h3-16H,1-2H2. The molecule has 154 valence electrons. The summed E-state index contributed by atoms with van der Waals surface area (Å²) < 4.78 is 60.1. The molecule has 0 N–H and O–H groups in total. The molecule has 0 spiro atoms. The summed E-state index contributed by atoms with van der Waals surface area (Å²) in [6, 6.07) is 17.3. The van der Waals surface area contributed by atoms with Gasteiger partial charge in [0.2, 0.25) is 0 Å². The summed E-state index contributed by atoms with van der Waals surface area (Å²) in [5.74, 6) is -0.171. The van der Waals surface area contributed by atoms with Crippen molar-refractivity contribution in [2.75, 3.05) is 0 Å². The molecular formula is C22H18O6S2. The molecule has 0 aliphatic heterocycles. The molecule has 3 aromatic rings. The lowest BCUT2D eigenvalue weighted by Crippen LogP contribution is -2.11. The first kappa shape index (κ1) is 21.4. The lowest BCUT2D eigenvalue weighted by molar-refractivity contribution is 0.476.